The topological polar surface area (TPSA) is 90.8 Å². The van der Waals surface area contributed by atoms with E-state index in [-0.39, 0.29) is 22.8 Å². The highest BCUT2D eigenvalue weighted by molar-refractivity contribution is 6.30. The second-order valence-corrected chi connectivity index (χ2v) is 7.08. The number of rotatable bonds is 5. The van der Waals surface area contributed by atoms with Gasteiger partial charge >= 0.3 is 0 Å². The maximum atomic E-state index is 15.2. The Morgan fingerprint density at radius 3 is 2.67 bits per heavy atom. The molecule has 1 N–H and O–H groups in total. The number of carbonyl (C=O) groups excluding carboxylic acids is 2. The standard InChI is InChI=1S/C23H16ClFN6O2/c24-17-7-9-21(28-14-17)29-22(32)16-6-8-20(18(25)13-16)31(30-12-4-3-10-26-15-30)23(33)19-5-1-2-11-27-19/h1-15H,(H,28,29,32). The summed E-state index contributed by atoms with van der Waals surface area (Å²) in [6.45, 7) is 0. The molecule has 0 fully saturated rings. The van der Waals surface area contributed by atoms with Crippen LogP contribution >= 0.6 is 11.6 Å². The van der Waals surface area contributed by atoms with Gasteiger partial charge in [0.25, 0.3) is 11.8 Å². The van der Waals surface area contributed by atoms with Gasteiger partial charge in [0.2, 0.25) is 0 Å². The van der Waals surface area contributed by atoms with Crippen molar-refractivity contribution in [2.24, 2.45) is 4.99 Å². The number of nitrogens with one attached hydrogen (secondary N) is 1. The third kappa shape index (κ3) is 5.10. The van der Waals surface area contributed by atoms with Crippen LogP contribution < -0.4 is 10.3 Å². The van der Waals surface area contributed by atoms with E-state index in [0.29, 0.717) is 5.02 Å². The van der Waals surface area contributed by atoms with Gasteiger partial charge < -0.3 is 5.32 Å². The molecule has 0 bridgehead atoms. The minimum Gasteiger partial charge on any atom is -0.307 e. The van der Waals surface area contributed by atoms with Crippen LogP contribution in [0, 0.1) is 5.82 Å². The first kappa shape index (κ1) is 21.8. The molecule has 10 heteroatoms. The number of aromatic nitrogens is 2. The fraction of sp³-hybridized carbons (Fsp3) is 0. The number of anilines is 2. The van der Waals surface area contributed by atoms with E-state index < -0.39 is 17.6 Å². The van der Waals surface area contributed by atoms with Crippen molar-refractivity contribution >= 4 is 41.3 Å². The number of halogens is 2. The smallest absolute Gasteiger partial charge is 0.296 e. The molecule has 1 aliphatic rings. The van der Waals surface area contributed by atoms with Crippen LogP contribution in [0.3, 0.4) is 0 Å². The average Bonchev–Trinajstić information content (AvgIpc) is 3.11. The number of pyridine rings is 2. The highest BCUT2D eigenvalue weighted by Gasteiger charge is 2.26. The van der Waals surface area contributed by atoms with E-state index in [2.05, 4.69) is 20.3 Å². The summed E-state index contributed by atoms with van der Waals surface area (Å²) in [5.41, 5.74) is 0.0522. The minimum atomic E-state index is -0.796. The van der Waals surface area contributed by atoms with E-state index in [4.69, 9.17) is 11.6 Å². The van der Waals surface area contributed by atoms with Crippen molar-refractivity contribution in [2.75, 3.05) is 10.3 Å². The monoisotopic (exact) mass is 462 g/mol. The Bertz CT molecular complexity index is 1250. The van der Waals surface area contributed by atoms with Gasteiger partial charge in [-0.2, -0.15) is 0 Å². The number of aliphatic imine (C=N–C) groups is 1. The summed E-state index contributed by atoms with van der Waals surface area (Å²) in [4.78, 5) is 37.9. The Labute approximate surface area is 193 Å². The van der Waals surface area contributed by atoms with E-state index in [9.17, 15) is 9.59 Å². The van der Waals surface area contributed by atoms with E-state index in [1.54, 1.807) is 36.6 Å². The Balaban J connectivity index is 1.66. The quantitative estimate of drug-likeness (QED) is 0.604. The fourth-order valence-corrected chi connectivity index (χ4v) is 3.01. The molecule has 0 radical (unpaired) electrons. The Kier molecular flexibility index (Phi) is 6.51. The summed E-state index contributed by atoms with van der Waals surface area (Å²) in [6, 6.07) is 11.7. The van der Waals surface area contributed by atoms with Crippen LogP contribution in [0.5, 0.6) is 0 Å². The maximum absolute atomic E-state index is 15.2. The van der Waals surface area contributed by atoms with Crippen molar-refractivity contribution in [2.45, 2.75) is 0 Å². The number of benzene rings is 1. The lowest BCUT2D eigenvalue weighted by Gasteiger charge is -2.30. The molecule has 0 saturated heterocycles. The Morgan fingerprint density at radius 2 is 1.94 bits per heavy atom. The first-order valence-corrected chi connectivity index (χ1v) is 10.0. The zero-order valence-electron chi connectivity index (χ0n) is 17.0. The lowest BCUT2D eigenvalue weighted by molar-refractivity contribution is 0.0947. The van der Waals surface area contributed by atoms with Crippen molar-refractivity contribution < 1.29 is 14.0 Å². The third-order valence-electron chi connectivity index (χ3n) is 4.42. The predicted molar refractivity (Wildman–Crippen MR) is 123 cm³/mol. The molecule has 0 atom stereocenters. The van der Waals surface area contributed by atoms with Crippen LogP contribution in [0.1, 0.15) is 20.8 Å². The molecule has 0 spiro atoms. The van der Waals surface area contributed by atoms with E-state index in [1.165, 1.54) is 54.2 Å². The molecule has 1 aromatic carbocycles. The number of nitrogens with zero attached hydrogens (tertiary/aromatic N) is 5. The van der Waals surface area contributed by atoms with Gasteiger partial charge in [-0.15, -0.1) is 0 Å². The molecular formula is C23H16ClFN6O2. The number of carbonyl (C=O) groups is 2. The van der Waals surface area contributed by atoms with Crippen molar-refractivity contribution in [3.63, 3.8) is 0 Å². The molecule has 4 rings (SSSR count). The molecule has 0 aliphatic carbocycles. The summed E-state index contributed by atoms with van der Waals surface area (Å²) in [5, 5.41) is 5.39. The van der Waals surface area contributed by atoms with Crippen LogP contribution in [0.4, 0.5) is 15.9 Å². The van der Waals surface area contributed by atoms with Gasteiger partial charge in [0.1, 0.15) is 29.4 Å². The SMILES string of the molecule is O=C(Nc1ccc(Cl)cn1)c1ccc(N(C(=O)c2ccccn2)N2C=CC=CN=C2)c(F)c1. The summed E-state index contributed by atoms with van der Waals surface area (Å²) in [6.07, 6.45) is 10.6. The van der Waals surface area contributed by atoms with Gasteiger partial charge in [-0.1, -0.05) is 17.7 Å². The minimum absolute atomic E-state index is 0.0416. The normalized spacial score (nSPS) is 12.4. The van der Waals surface area contributed by atoms with Crippen LogP contribution in [-0.2, 0) is 0 Å². The lowest BCUT2D eigenvalue weighted by Crippen LogP contribution is -2.44. The summed E-state index contributed by atoms with van der Waals surface area (Å²) < 4.78 is 15.2. The third-order valence-corrected chi connectivity index (χ3v) is 4.64. The molecule has 33 heavy (non-hydrogen) atoms. The highest BCUT2D eigenvalue weighted by atomic mass is 35.5. The number of hydrazine groups is 1. The molecule has 0 unspecified atom stereocenters. The van der Waals surface area contributed by atoms with Gasteiger partial charge in [-0.05, 0) is 54.6 Å². The maximum Gasteiger partial charge on any atom is 0.296 e. The first-order valence-electron chi connectivity index (χ1n) is 9.66. The van der Waals surface area contributed by atoms with Gasteiger partial charge in [0.05, 0.1) is 5.02 Å². The van der Waals surface area contributed by atoms with E-state index in [1.807, 2.05) is 0 Å². The molecule has 0 saturated carbocycles. The molecule has 2 amide bonds. The summed E-state index contributed by atoms with van der Waals surface area (Å²) >= 11 is 5.79. The Hall–Kier alpha value is -4.37. The molecule has 3 aromatic rings. The highest BCUT2D eigenvalue weighted by Crippen LogP contribution is 2.25. The van der Waals surface area contributed by atoms with Gasteiger partial charge in [-0.3, -0.25) is 14.6 Å². The fourth-order valence-electron chi connectivity index (χ4n) is 2.90. The van der Waals surface area contributed by atoms with E-state index in [0.717, 1.165) is 11.1 Å². The molecule has 1 aliphatic heterocycles. The zero-order valence-corrected chi connectivity index (χ0v) is 17.7. The lowest BCUT2D eigenvalue weighted by atomic mass is 10.1. The summed E-state index contributed by atoms with van der Waals surface area (Å²) in [5.74, 6) is -1.69. The predicted octanol–water partition coefficient (Wildman–Crippen LogP) is 4.45. The van der Waals surface area contributed by atoms with Crippen molar-refractivity contribution in [3.8, 4) is 0 Å². The second kappa shape index (κ2) is 9.84. The van der Waals surface area contributed by atoms with Crippen molar-refractivity contribution in [1.82, 2.24) is 15.0 Å². The van der Waals surface area contributed by atoms with Crippen LogP contribution in [0.15, 0.2) is 90.5 Å². The molecule has 3 heterocycles. The van der Waals surface area contributed by atoms with Gasteiger partial charge in [0, 0.05) is 30.4 Å². The van der Waals surface area contributed by atoms with Crippen LogP contribution in [-0.4, -0.2) is 33.1 Å². The molecule has 8 nitrogen and oxygen atoms in total. The number of hydrogen-bond acceptors (Lipinski definition) is 6. The second-order valence-electron chi connectivity index (χ2n) is 6.64. The first-order chi connectivity index (χ1) is 16.0. The zero-order chi connectivity index (χ0) is 23.2. The van der Waals surface area contributed by atoms with Crippen molar-refractivity contribution in [3.05, 3.63) is 108 Å². The van der Waals surface area contributed by atoms with Crippen molar-refractivity contribution in [1.29, 1.82) is 0 Å². The molecular weight excluding hydrogens is 447 g/mol. The number of hydrogen-bond donors (Lipinski definition) is 1. The molecule has 2 aromatic heterocycles. The van der Waals surface area contributed by atoms with Gasteiger partial charge in [0.15, 0.2) is 0 Å². The van der Waals surface area contributed by atoms with E-state index >= 15 is 4.39 Å². The molecule has 164 valence electrons. The number of allylic oxidation sites excluding steroid dienone is 2. The average molecular weight is 463 g/mol. The Morgan fingerprint density at radius 1 is 1.06 bits per heavy atom. The number of amides is 2. The van der Waals surface area contributed by atoms with Gasteiger partial charge in [-0.25, -0.2) is 24.4 Å². The van der Waals surface area contributed by atoms with Crippen LogP contribution in [0.2, 0.25) is 5.02 Å². The van der Waals surface area contributed by atoms with Crippen LogP contribution in [0.25, 0.3) is 0 Å². The largest absolute Gasteiger partial charge is 0.307 e. The summed E-state index contributed by atoms with van der Waals surface area (Å²) in [7, 11) is 0.